The van der Waals surface area contributed by atoms with Gasteiger partial charge in [0.1, 0.15) is 0 Å². The summed E-state index contributed by atoms with van der Waals surface area (Å²) in [5.74, 6) is 0.169. The number of hydrogen-bond acceptors (Lipinski definition) is 3. The summed E-state index contributed by atoms with van der Waals surface area (Å²) in [6.07, 6.45) is 8.32. The summed E-state index contributed by atoms with van der Waals surface area (Å²) in [5.41, 5.74) is 3.03. The molecule has 1 aromatic carbocycles. The Morgan fingerprint density at radius 3 is 2.79 bits per heavy atom. The number of amides is 1. The molecule has 2 aliphatic rings. The first-order valence-electron chi connectivity index (χ1n) is 10.6. The number of pyridine rings is 1. The smallest absolute Gasteiger partial charge is 0.254 e. The molecule has 1 aromatic heterocycles. The summed E-state index contributed by atoms with van der Waals surface area (Å²) in [6, 6.07) is 14.5. The third-order valence-electron chi connectivity index (χ3n) is 6.82. The SMILES string of the molecule is CN1CCCC[C@@H]2N(C(=O)c3ccnc(Cc4ccccc4)c3)CCC[C@@]21C. The van der Waals surface area contributed by atoms with E-state index in [-0.39, 0.29) is 11.4 Å². The summed E-state index contributed by atoms with van der Waals surface area (Å²) in [5, 5.41) is 0. The number of hydrogen-bond donors (Lipinski definition) is 0. The van der Waals surface area contributed by atoms with Crippen molar-refractivity contribution in [3.8, 4) is 0 Å². The second kappa shape index (κ2) is 8.04. The number of likely N-dealkylation sites (N-methyl/N-ethyl adjacent to an activating group) is 1. The summed E-state index contributed by atoms with van der Waals surface area (Å²) in [7, 11) is 2.23. The Morgan fingerprint density at radius 2 is 1.96 bits per heavy atom. The molecule has 4 nitrogen and oxygen atoms in total. The molecule has 148 valence electrons. The van der Waals surface area contributed by atoms with Crippen LogP contribution in [-0.2, 0) is 6.42 Å². The van der Waals surface area contributed by atoms with Crippen molar-refractivity contribution in [2.75, 3.05) is 20.1 Å². The second-order valence-electron chi connectivity index (χ2n) is 8.59. The van der Waals surface area contributed by atoms with E-state index in [4.69, 9.17) is 0 Å². The quantitative estimate of drug-likeness (QED) is 0.806. The second-order valence-corrected chi connectivity index (χ2v) is 8.59. The number of carbonyl (C=O) groups is 1. The molecule has 2 saturated heterocycles. The molecule has 4 heteroatoms. The number of carbonyl (C=O) groups excluding carboxylic acids is 1. The number of fused-ring (bicyclic) bond motifs is 1. The predicted octanol–water partition coefficient (Wildman–Crippen LogP) is 4.15. The zero-order chi connectivity index (χ0) is 19.6. The first-order valence-corrected chi connectivity index (χ1v) is 10.6. The third kappa shape index (κ3) is 3.70. The number of likely N-dealkylation sites (tertiary alicyclic amines) is 2. The van der Waals surface area contributed by atoms with Gasteiger partial charge in [-0.15, -0.1) is 0 Å². The van der Waals surface area contributed by atoms with Crippen LogP contribution in [0.5, 0.6) is 0 Å². The molecule has 0 aliphatic carbocycles. The molecule has 0 saturated carbocycles. The van der Waals surface area contributed by atoms with Crippen molar-refractivity contribution in [2.45, 2.75) is 57.0 Å². The maximum atomic E-state index is 13.5. The fraction of sp³-hybridized carbons (Fsp3) is 0.500. The molecule has 2 atom stereocenters. The fourth-order valence-electron chi connectivity index (χ4n) is 5.04. The van der Waals surface area contributed by atoms with Crippen LogP contribution in [-0.4, -0.2) is 52.4 Å². The van der Waals surface area contributed by atoms with E-state index in [9.17, 15) is 4.79 Å². The Bertz CT molecular complexity index is 822. The van der Waals surface area contributed by atoms with Gasteiger partial charge in [-0.2, -0.15) is 0 Å². The summed E-state index contributed by atoms with van der Waals surface area (Å²) < 4.78 is 0. The Morgan fingerprint density at radius 1 is 1.14 bits per heavy atom. The van der Waals surface area contributed by atoms with E-state index in [1.54, 1.807) is 6.20 Å². The van der Waals surface area contributed by atoms with Crippen LogP contribution in [0.15, 0.2) is 48.7 Å². The molecule has 4 rings (SSSR count). The minimum atomic E-state index is 0.0876. The van der Waals surface area contributed by atoms with Gasteiger partial charge in [0.25, 0.3) is 5.91 Å². The van der Waals surface area contributed by atoms with Crippen molar-refractivity contribution in [3.05, 3.63) is 65.5 Å². The van der Waals surface area contributed by atoms with E-state index in [2.05, 4.69) is 40.9 Å². The van der Waals surface area contributed by atoms with Gasteiger partial charge in [0, 0.05) is 36.0 Å². The molecule has 2 aliphatic heterocycles. The van der Waals surface area contributed by atoms with Gasteiger partial charge in [-0.05, 0) is 63.9 Å². The van der Waals surface area contributed by atoms with Crippen molar-refractivity contribution in [3.63, 3.8) is 0 Å². The van der Waals surface area contributed by atoms with Gasteiger partial charge >= 0.3 is 0 Å². The minimum absolute atomic E-state index is 0.0876. The highest BCUT2D eigenvalue weighted by Crippen LogP contribution is 2.38. The van der Waals surface area contributed by atoms with Gasteiger partial charge in [0.2, 0.25) is 0 Å². The average molecular weight is 378 g/mol. The average Bonchev–Trinajstić information content (AvgIpc) is 2.87. The number of benzene rings is 1. The monoisotopic (exact) mass is 377 g/mol. The lowest BCUT2D eigenvalue weighted by Crippen LogP contribution is -2.63. The lowest BCUT2D eigenvalue weighted by Gasteiger charge is -2.51. The molecule has 1 amide bonds. The van der Waals surface area contributed by atoms with E-state index in [1.807, 2.05) is 30.3 Å². The van der Waals surface area contributed by atoms with Crippen LogP contribution in [0.2, 0.25) is 0 Å². The first-order chi connectivity index (χ1) is 13.6. The van der Waals surface area contributed by atoms with Crippen LogP contribution in [0.25, 0.3) is 0 Å². The Hall–Kier alpha value is -2.20. The van der Waals surface area contributed by atoms with Crippen LogP contribution >= 0.6 is 0 Å². The molecule has 2 fully saturated rings. The lowest BCUT2D eigenvalue weighted by atomic mass is 9.79. The molecule has 0 bridgehead atoms. The number of rotatable bonds is 3. The van der Waals surface area contributed by atoms with Gasteiger partial charge in [-0.1, -0.05) is 36.8 Å². The van der Waals surface area contributed by atoms with Gasteiger partial charge in [-0.25, -0.2) is 0 Å². The highest BCUT2D eigenvalue weighted by atomic mass is 16.2. The number of nitrogens with zero attached hydrogens (tertiary/aromatic N) is 3. The van der Waals surface area contributed by atoms with E-state index < -0.39 is 0 Å². The zero-order valence-corrected chi connectivity index (χ0v) is 17.1. The highest BCUT2D eigenvalue weighted by Gasteiger charge is 2.46. The lowest BCUT2D eigenvalue weighted by molar-refractivity contribution is -0.00337. The molecule has 28 heavy (non-hydrogen) atoms. The molecular formula is C24H31N3O. The van der Waals surface area contributed by atoms with Crippen molar-refractivity contribution in [2.24, 2.45) is 0 Å². The topological polar surface area (TPSA) is 36.4 Å². The number of piperidine rings is 1. The third-order valence-corrected chi connectivity index (χ3v) is 6.82. The fourth-order valence-corrected chi connectivity index (χ4v) is 5.04. The van der Waals surface area contributed by atoms with E-state index in [1.165, 1.54) is 24.8 Å². The van der Waals surface area contributed by atoms with Crippen molar-refractivity contribution in [1.29, 1.82) is 0 Å². The molecule has 3 heterocycles. The molecule has 0 unspecified atom stereocenters. The Kier molecular flexibility index (Phi) is 5.49. The number of aromatic nitrogens is 1. The van der Waals surface area contributed by atoms with Gasteiger partial charge in [0.15, 0.2) is 0 Å². The van der Waals surface area contributed by atoms with Crippen LogP contribution in [0.4, 0.5) is 0 Å². The summed E-state index contributed by atoms with van der Waals surface area (Å²) in [6.45, 7) is 4.35. The standard InChI is InChI=1S/C24H31N3O/c1-24-13-8-16-27(22(24)11-6-7-15-26(24)2)23(28)20-12-14-25-21(18-20)17-19-9-4-3-5-10-19/h3-5,9-10,12,14,18,22H,6-8,11,13,15-17H2,1-2H3/t22-,24-/m0/s1. The maximum absolute atomic E-state index is 13.5. The van der Waals surface area contributed by atoms with Gasteiger partial charge in [0.05, 0.1) is 6.04 Å². The van der Waals surface area contributed by atoms with Crippen LogP contribution in [0, 0.1) is 0 Å². The van der Waals surface area contributed by atoms with Gasteiger partial charge < -0.3 is 4.90 Å². The van der Waals surface area contributed by atoms with Crippen molar-refractivity contribution >= 4 is 5.91 Å². The van der Waals surface area contributed by atoms with Crippen LogP contribution < -0.4 is 0 Å². The summed E-state index contributed by atoms with van der Waals surface area (Å²) >= 11 is 0. The Labute approximate surface area is 168 Å². The predicted molar refractivity (Wildman–Crippen MR) is 112 cm³/mol. The molecule has 0 N–H and O–H groups in total. The molecule has 0 spiro atoms. The van der Waals surface area contributed by atoms with E-state index >= 15 is 0 Å². The molecule has 2 aromatic rings. The summed E-state index contributed by atoms with van der Waals surface area (Å²) in [4.78, 5) is 22.7. The van der Waals surface area contributed by atoms with E-state index in [0.29, 0.717) is 6.04 Å². The molecule has 0 radical (unpaired) electrons. The zero-order valence-electron chi connectivity index (χ0n) is 17.1. The largest absolute Gasteiger partial charge is 0.334 e. The van der Waals surface area contributed by atoms with E-state index in [0.717, 1.165) is 43.6 Å². The maximum Gasteiger partial charge on any atom is 0.254 e. The van der Waals surface area contributed by atoms with Crippen molar-refractivity contribution in [1.82, 2.24) is 14.8 Å². The first kappa shape index (κ1) is 19.1. The highest BCUT2D eigenvalue weighted by molar-refractivity contribution is 5.94. The van der Waals surface area contributed by atoms with Crippen molar-refractivity contribution < 1.29 is 4.79 Å². The van der Waals surface area contributed by atoms with Crippen LogP contribution in [0.3, 0.4) is 0 Å². The normalized spacial score (nSPS) is 25.8. The van der Waals surface area contributed by atoms with Crippen LogP contribution in [0.1, 0.15) is 60.6 Å². The molecular weight excluding hydrogens is 346 g/mol. The minimum Gasteiger partial charge on any atom is -0.334 e. The van der Waals surface area contributed by atoms with Gasteiger partial charge in [-0.3, -0.25) is 14.7 Å². The Balaban J connectivity index is 1.57.